The first-order valence-corrected chi connectivity index (χ1v) is 8.76. The molecule has 1 N–H and O–H groups in total. The molecule has 0 aliphatic heterocycles. The number of rotatable bonds is 6. The van der Waals surface area contributed by atoms with Gasteiger partial charge < -0.3 is 10.1 Å². The van der Waals surface area contributed by atoms with E-state index < -0.39 is 0 Å². The number of nitrogens with zero attached hydrogens (tertiary/aromatic N) is 4. The number of methoxy groups -OCH3 is 1. The Bertz CT molecular complexity index is 983. The predicted molar refractivity (Wildman–Crippen MR) is 102 cm³/mol. The fraction of sp³-hybridized carbons (Fsp3) is 0.300. The first kappa shape index (κ1) is 19.5. The standard InChI is InChI=1S/C20H22FN5O2/c1-13-10-26(12-24-13)17-19(28-4)25-16(9-22-17)18(27)23-11-20(2,3)14-5-7-15(21)8-6-14/h5-10,12H,11H2,1-4H3,(H,23,27). The van der Waals surface area contributed by atoms with Crippen LogP contribution in [0.2, 0.25) is 0 Å². The van der Waals surface area contributed by atoms with Crippen LogP contribution in [0.3, 0.4) is 0 Å². The fourth-order valence-electron chi connectivity index (χ4n) is 2.72. The number of amides is 1. The fourth-order valence-corrected chi connectivity index (χ4v) is 2.72. The summed E-state index contributed by atoms with van der Waals surface area (Å²) in [6, 6.07) is 6.25. The summed E-state index contributed by atoms with van der Waals surface area (Å²) in [5.74, 6) is 0.0163. The summed E-state index contributed by atoms with van der Waals surface area (Å²) in [5, 5.41) is 2.86. The van der Waals surface area contributed by atoms with Gasteiger partial charge in [-0.25, -0.2) is 19.3 Å². The Balaban J connectivity index is 1.74. The number of hydrogen-bond acceptors (Lipinski definition) is 5. The molecular weight excluding hydrogens is 361 g/mol. The molecule has 0 atom stereocenters. The van der Waals surface area contributed by atoms with Crippen molar-refractivity contribution in [3.8, 4) is 11.7 Å². The van der Waals surface area contributed by atoms with Gasteiger partial charge >= 0.3 is 0 Å². The second-order valence-electron chi connectivity index (χ2n) is 7.08. The number of nitrogens with one attached hydrogen (secondary N) is 1. The van der Waals surface area contributed by atoms with E-state index in [1.807, 2.05) is 20.8 Å². The van der Waals surface area contributed by atoms with E-state index in [1.165, 1.54) is 25.4 Å². The maximum atomic E-state index is 13.1. The molecule has 0 spiro atoms. The Morgan fingerprint density at radius 1 is 1.25 bits per heavy atom. The highest BCUT2D eigenvalue weighted by atomic mass is 19.1. The van der Waals surface area contributed by atoms with Crippen molar-refractivity contribution in [2.45, 2.75) is 26.2 Å². The van der Waals surface area contributed by atoms with Crippen LogP contribution in [0.25, 0.3) is 5.82 Å². The Hall–Kier alpha value is -3.29. The lowest BCUT2D eigenvalue weighted by molar-refractivity contribution is 0.0939. The van der Waals surface area contributed by atoms with E-state index in [-0.39, 0.29) is 28.7 Å². The van der Waals surface area contributed by atoms with Gasteiger partial charge in [0.25, 0.3) is 11.8 Å². The minimum absolute atomic E-state index is 0.146. The summed E-state index contributed by atoms with van der Waals surface area (Å²) in [5.41, 5.74) is 1.51. The lowest BCUT2D eigenvalue weighted by atomic mass is 9.84. The average Bonchev–Trinajstić information content (AvgIpc) is 3.12. The van der Waals surface area contributed by atoms with Crippen LogP contribution in [0, 0.1) is 12.7 Å². The van der Waals surface area contributed by atoms with Crippen molar-refractivity contribution in [2.24, 2.45) is 0 Å². The number of benzene rings is 1. The first-order chi connectivity index (χ1) is 13.3. The first-order valence-electron chi connectivity index (χ1n) is 8.76. The van der Waals surface area contributed by atoms with E-state index >= 15 is 0 Å². The Kier molecular flexibility index (Phi) is 5.39. The molecule has 0 saturated carbocycles. The van der Waals surface area contributed by atoms with Crippen molar-refractivity contribution < 1.29 is 13.9 Å². The van der Waals surface area contributed by atoms with Crippen molar-refractivity contribution in [2.75, 3.05) is 13.7 Å². The molecule has 0 bridgehead atoms. The molecule has 8 heteroatoms. The molecule has 0 saturated heterocycles. The number of aromatic nitrogens is 4. The molecule has 2 heterocycles. The summed E-state index contributed by atoms with van der Waals surface area (Å²) >= 11 is 0. The van der Waals surface area contributed by atoms with E-state index in [1.54, 1.807) is 29.2 Å². The van der Waals surface area contributed by atoms with Gasteiger partial charge in [0, 0.05) is 18.2 Å². The number of carbonyl (C=O) groups is 1. The van der Waals surface area contributed by atoms with Crippen LogP contribution in [0.15, 0.2) is 43.0 Å². The van der Waals surface area contributed by atoms with E-state index in [4.69, 9.17) is 4.74 Å². The summed E-state index contributed by atoms with van der Waals surface area (Å²) in [4.78, 5) is 25.3. The van der Waals surface area contributed by atoms with Crippen molar-refractivity contribution >= 4 is 5.91 Å². The molecule has 3 aromatic rings. The molecule has 146 valence electrons. The lowest BCUT2D eigenvalue weighted by Gasteiger charge is -2.25. The van der Waals surface area contributed by atoms with Crippen LogP contribution in [0.5, 0.6) is 5.88 Å². The van der Waals surface area contributed by atoms with Gasteiger partial charge in [0.05, 0.1) is 19.0 Å². The van der Waals surface area contributed by atoms with E-state index in [0.29, 0.717) is 12.4 Å². The van der Waals surface area contributed by atoms with Gasteiger partial charge in [0.1, 0.15) is 12.1 Å². The summed E-state index contributed by atoms with van der Waals surface area (Å²) in [7, 11) is 1.47. The zero-order chi connectivity index (χ0) is 20.3. The molecule has 0 aliphatic rings. The van der Waals surface area contributed by atoms with Gasteiger partial charge in [-0.3, -0.25) is 9.36 Å². The maximum absolute atomic E-state index is 13.1. The van der Waals surface area contributed by atoms with Crippen LogP contribution in [0.4, 0.5) is 4.39 Å². The van der Waals surface area contributed by atoms with Gasteiger partial charge in [-0.2, -0.15) is 0 Å². The molecular formula is C20H22FN5O2. The monoisotopic (exact) mass is 383 g/mol. The smallest absolute Gasteiger partial charge is 0.271 e. The Morgan fingerprint density at radius 3 is 2.57 bits per heavy atom. The SMILES string of the molecule is COc1nc(C(=O)NCC(C)(C)c2ccc(F)cc2)cnc1-n1cnc(C)c1. The molecule has 0 unspecified atom stereocenters. The summed E-state index contributed by atoms with van der Waals surface area (Å²) in [6.45, 7) is 6.15. The van der Waals surface area contributed by atoms with Crippen molar-refractivity contribution in [3.05, 3.63) is 65.8 Å². The lowest BCUT2D eigenvalue weighted by Crippen LogP contribution is -2.37. The number of hydrogen-bond donors (Lipinski definition) is 1. The zero-order valence-corrected chi connectivity index (χ0v) is 16.2. The number of aryl methyl sites for hydroxylation is 1. The predicted octanol–water partition coefficient (Wildman–Crippen LogP) is 2.83. The molecule has 2 aromatic heterocycles. The number of carbonyl (C=O) groups excluding carboxylic acids is 1. The third-order valence-electron chi connectivity index (χ3n) is 4.42. The van der Waals surface area contributed by atoms with Crippen LogP contribution in [-0.2, 0) is 5.41 Å². The highest BCUT2D eigenvalue weighted by molar-refractivity contribution is 5.92. The molecule has 3 rings (SSSR count). The topological polar surface area (TPSA) is 81.9 Å². The Morgan fingerprint density at radius 2 is 1.96 bits per heavy atom. The quantitative estimate of drug-likeness (QED) is 0.708. The number of halogens is 1. The van der Waals surface area contributed by atoms with Crippen molar-refractivity contribution in [1.29, 1.82) is 0 Å². The van der Waals surface area contributed by atoms with Crippen LogP contribution < -0.4 is 10.1 Å². The highest BCUT2D eigenvalue weighted by Crippen LogP contribution is 2.23. The van der Waals surface area contributed by atoms with Crippen LogP contribution in [0.1, 0.15) is 35.6 Å². The van der Waals surface area contributed by atoms with Gasteiger partial charge in [-0.1, -0.05) is 26.0 Å². The minimum Gasteiger partial charge on any atom is -0.478 e. The second kappa shape index (κ2) is 7.75. The highest BCUT2D eigenvalue weighted by Gasteiger charge is 2.23. The van der Waals surface area contributed by atoms with Crippen LogP contribution >= 0.6 is 0 Å². The molecule has 0 fully saturated rings. The molecule has 1 aromatic carbocycles. The molecule has 28 heavy (non-hydrogen) atoms. The molecule has 7 nitrogen and oxygen atoms in total. The van der Waals surface area contributed by atoms with E-state index in [2.05, 4.69) is 20.3 Å². The third-order valence-corrected chi connectivity index (χ3v) is 4.42. The van der Waals surface area contributed by atoms with Crippen LogP contribution in [-0.4, -0.2) is 39.1 Å². The van der Waals surface area contributed by atoms with E-state index in [9.17, 15) is 9.18 Å². The van der Waals surface area contributed by atoms with Crippen molar-refractivity contribution in [1.82, 2.24) is 24.8 Å². The number of imidazole rings is 1. The molecule has 0 aliphatic carbocycles. The van der Waals surface area contributed by atoms with Gasteiger partial charge in [-0.15, -0.1) is 0 Å². The summed E-state index contributed by atoms with van der Waals surface area (Å²) < 4.78 is 20.1. The van der Waals surface area contributed by atoms with Gasteiger partial charge in [-0.05, 0) is 24.6 Å². The van der Waals surface area contributed by atoms with Crippen molar-refractivity contribution in [3.63, 3.8) is 0 Å². The summed E-state index contributed by atoms with van der Waals surface area (Å²) in [6.07, 6.45) is 4.79. The normalized spacial score (nSPS) is 11.3. The second-order valence-corrected chi connectivity index (χ2v) is 7.08. The maximum Gasteiger partial charge on any atom is 0.271 e. The zero-order valence-electron chi connectivity index (χ0n) is 16.2. The van der Waals surface area contributed by atoms with Gasteiger partial charge in [0.2, 0.25) is 5.82 Å². The third kappa shape index (κ3) is 4.16. The van der Waals surface area contributed by atoms with E-state index in [0.717, 1.165) is 11.3 Å². The number of ether oxygens (including phenoxy) is 1. The molecule has 1 amide bonds. The Labute approximate surface area is 162 Å². The minimum atomic E-state index is -0.380. The molecule has 0 radical (unpaired) electrons. The average molecular weight is 383 g/mol. The van der Waals surface area contributed by atoms with Gasteiger partial charge in [0.15, 0.2) is 5.69 Å². The largest absolute Gasteiger partial charge is 0.478 e.